The molecule has 3 heterocycles. The summed E-state index contributed by atoms with van der Waals surface area (Å²) < 4.78 is 5.03. The van der Waals surface area contributed by atoms with Crippen LogP contribution in [0.5, 0.6) is 0 Å². The highest BCUT2D eigenvalue weighted by Gasteiger charge is 2.24. The summed E-state index contributed by atoms with van der Waals surface area (Å²) >= 11 is 0. The molecule has 1 aliphatic heterocycles. The van der Waals surface area contributed by atoms with Crippen molar-refractivity contribution in [3.8, 4) is 0 Å². The lowest BCUT2D eigenvalue weighted by atomic mass is 10.1. The van der Waals surface area contributed by atoms with Crippen LogP contribution in [0.25, 0.3) is 0 Å². The molecular weight excluding hydrogens is 280 g/mol. The summed E-state index contributed by atoms with van der Waals surface area (Å²) in [6, 6.07) is 5.55. The van der Waals surface area contributed by atoms with Crippen LogP contribution in [-0.4, -0.2) is 40.6 Å². The van der Waals surface area contributed by atoms with Crippen molar-refractivity contribution < 1.29 is 9.32 Å². The second-order valence-corrected chi connectivity index (χ2v) is 5.73. The van der Waals surface area contributed by atoms with Gasteiger partial charge >= 0.3 is 0 Å². The van der Waals surface area contributed by atoms with Crippen molar-refractivity contribution in [2.75, 3.05) is 19.6 Å². The molecule has 0 bridgehead atoms. The second-order valence-electron chi connectivity index (χ2n) is 5.73. The minimum absolute atomic E-state index is 0.0902. The van der Waals surface area contributed by atoms with Crippen LogP contribution in [0.2, 0.25) is 0 Å². The molecule has 1 atom stereocenters. The maximum absolute atomic E-state index is 12.7. The molecular formula is C16H20N4O2. The zero-order chi connectivity index (χ0) is 15.4. The number of carbonyl (C=O) groups is 1. The lowest BCUT2D eigenvalue weighted by Crippen LogP contribution is -2.35. The Morgan fingerprint density at radius 1 is 1.55 bits per heavy atom. The number of rotatable bonds is 5. The summed E-state index contributed by atoms with van der Waals surface area (Å²) in [5.41, 5.74) is 1.38. The summed E-state index contributed by atoms with van der Waals surface area (Å²) in [5, 5.41) is 7.20. The van der Waals surface area contributed by atoms with E-state index in [1.165, 1.54) is 0 Å². The van der Waals surface area contributed by atoms with E-state index in [1.807, 2.05) is 17.0 Å². The zero-order valence-corrected chi connectivity index (χ0v) is 12.7. The molecule has 6 nitrogen and oxygen atoms in total. The Bertz CT molecular complexity index is 620. The Morgan fingerprint density at radius 3 is 3.09 bits per heavy atom. The van der Waals surface area contributed by atoms with Gasteiger partial charge in [-0.05, 0) is 44.0 Å². The number of nitrogens with one attached hydrogen (secondary N) is 1. The van der Waals surface area contributed by atoms with Crippen molar-refractivity contribution >= 4 is 5.91 Å². The number of carbonyl (C=O) groups excluding carboxylic acids is 1. The van der Waals surface area contributed by atoms with Crippen LogP contribution in [0.3, 0.4) is 0 Å². The van der Waals surface area contributed by atoms with Gasteiger partial charge in [0.1, 0.15) is 5.76 Å². The number of hydrogen-bond donors (Lipinski definition) is 1. The highest BCUT2D eigenvalue weighted by atomic mass is 16.5. The zero-order valence-electron chi connectivity index (χ0n) is 12.7. The van der Waals surface area contributed by atoms with E-state index in [2.05, 4.69) is 15.5 Å². The molecule has 1 N–H and O–H groups in total. The fourth-order valence-electron chi connectivity index (χ4n) is 2.74. The molecule has 0 spiro atoms. The predicted octanol–water partition coefficient (Wildman–Crippen LogP) is 1.63. The highest BCUT2D eigenvalue weighted by Crippen LogP contribution is 2.15. The van der Waals surface area contributed by atoms with E-state index in [-0.39, 0.29) is 5.91 Å². The van der Waals surface area contributed by atoms with E-state index < -0.39 is 0 Å². The molecule has 2 aromatic heterocycles. The number of amides is 1. The molecule has 1 saturated heterocycles. The average molecular weight is 300 g/mol. The summed E-state index contributed by atoms with van der Waals surface area (Å²) in [6.07, 6.45) is 4.62. The topological polar surface area (TPSA) is 71.3 Å². The number of hydrogen-bond acceptors (Lipinski definition) is 5. The molecule has 1 amide bonds. The standard InChI is InChI=1S/C16H20N4O2/c1-12-7-15(19-22-12)16(21)20(11-14-4-6-18-9-14)10-13-3-2-5-17-8-13/h2-3,5,7-8,14,18H,4,6,9-11H2,1H3/t14-/m1/s1. The second kappa shape index (κ2) is 6.70. The third kappa shape index (κ3) is 3.51. The molecule has 0 aliphatic carbocycles. The maximum atomic E-state index is 12.7. The van der Waals surface area contributed by atoms with Gasteiger partial charge in [0.25, 0.3) is 5.91 Å². The third-order valence-electron chi connectivity index (χ3n) is 3.87. The monoisotopic (exact) mass is 300 g/mol. The van der Waals surface area contributed by atoms with Crippen molar-refractivity contribution in [2.24, 2.45) is 5.92 Å². The van der Waals surface area contributed by atoms with Crippen LogP contribution in [0.15, 0.2) is 35.1 Å². The Balaban J connectivity index is 1.76. The Labute approximate surface area is 129 Å². The number of pyridine rings is 1. The Morgan fingerprint density at radius 2 is 2.45 bits per heavy atom. The molecule has 116 valence electrons. The van der Waals surface area contributed by atoms with Gasteiger partial charge in [0.2, 0.25) is 0 Å². The van der Waals surface area contributed by atoms with Crippen molar-refractivity contribution in [3.63, 3.8) is 0 Å². The molecule has 0 unspecified atom stereocenters. The first-order valence-corrected chi connectivity index (χ1v) is 7.54. The van der Waals surface area contributed by atoms with Crippen LogP contribution in [0.4, 0.5) is 0 Å². The molecule has 22 heavy (non-hydrogen) atoms. The molecule has 0 saturated carbocycles. The quantitative estimate of drug-likeness (QED) is 0.908. The minimum atomic E-state index is -0.0902. The largest absolute Gasteiger partial charge is 0.361 e. The van der Waals surface area contributed by atoms with Gasteiger partial charge in [0.15, 0.2) is 5.69 Å². The first-order valence-electron chi connectivity index (χ1n) is 7.54. The predicted molar refractivity (Wildman–Crippen MR) is 81.2 cm³/mol. The van der Waals surface area contributed by atoms with Gasteiger partial charge in [-0.15, -0.1) is 0 Å². The van der Waals surface area contributed by atoms with Crippen molar-refractivity contribution in [2.45, 2.75) is 19.9 Å². The molecule has 6 heteroatoms. The fourth-order valence-corrected chi connectivity index (χ4v) is 2.74. The van der Waals surface area contributed by atoms with Gasteiger partial charge in [-0.25, -0.2) is 0 Å². The molecule has 1 aliphatic rings. The van der Waals surface area contributed by atoms with E-state index in [0.717, 1.165) is 25.1 Å². The SMILES string of the molecule is Cc1cc(C(=O)N(Cc2cccnc2)C[C@@H]2CCNC2)no1. The number of aromatic nitrogens is 2. The van der Waals surface area contributed by atoms with E-state index in [9.17, 15) is 4.79 Å². The van der Waals surface area contributed by atoms with E-state index in [4.69, 9.17) is 4.52 Å². The number of aryl methyl sites for hydroxylation is 1. The summed E-state index contributed by atoms with van der Waals surface area (Å²) in [6.45, 7) is 5.01. The van der Waals surface area contributed by atoms with Crippen LogP contribution in [-0.2, 0) is 6.54 Å². The summed E-state index contributed by atoms with van der Waals surface area (Å²) in [4.78, 5) is 18.7. The van der Waals surface area contributed by atoms with E-state index in [1.54, 1.807) is 25.4 Å². The summed E-state index contributed by atoms with van der Waals surface area (Å²) in [7, 11) is 0. The molecule has 1 fully saturated rings. The van der Waals surface area contributed by atoms with Crippen molar-refractivity contribution in [3.05, 3.63) is 47.6 Å². The lowest BCUT2D eigenvalue weighted by Gasteiger charge is -2.24. The van der Waals surface area contributed by atoms with Gasteiger partial charge in [0, 0.05) is 31.5 Å². The fraction of sp³-hybridized carbons (Fsp3) is 0.438. The van der Waals surface area contributed by atoms with E-state index in [0.29, 0.717) is 30.5 Å². The van der Waals surface area contributed by atoms with Gasteiger partial charge < -0.3 is 14.7 Å². The highest BCUT2D eigenvalue weighted by molar-refractivity contribution is 5.92. The van der Waals surface area contributed by atoms with Gasteiger partial charge in [0.05, 0.1) is 0 Å². The van der Waals surface area contributed by atoms with Crippen LogP contribution >= 0.6 is 0 Å². The lowest BCUT2D eigenvalue weighted by molar-refractivity contribution is 0.0708. The Kier molecular flexibility index (Phi) is 4.48. The van der Waals surface area contributed by atoms with Crippen LogP contribution < -0.4 is 5.32 Å². The first kappa shape index (κ1) is 14.7. The Hall–Kier alpha value is -2.21. The molecule has 0 radical (unpaired) electrons. The molecule has 0 aromatic carbocycles. The normalized spacial score (nSPS) is 17.6. The third-order valence-corrected chi connectivity index (χ3v) is 3.87. The van der Waals surface area contributed by atoms with Crippen molar-refractivity contribution in [1.82, 2.24) is 20.4 Å². The average Bonchev–Trinajstić information content (AvgIpc) is 3.18. The number of nitrogens with zero attached hydrogens (tertiary/aromatic N) is 3. The van der Waals surface area contributed by atoms with Gasteiger partial charge in [-0.2, -0.15) is 0 Å². The van der Waals surface area contributed by atoms with Crippen molar-refractivity contribution in [1.29, 1.82) is 0 Å². The van der Waals surface area contributed by atoms with Gasteiger partial charge in [-0.3, -0.25) is 9.78 Å². The van der Waals surface area contributed by atoms with E-state index >= 15 is 0 Å². The molecule has 3 rings (SSSR count). The van der Waals surface area contributed by atoms with Gasteiger partial charge in [-0.1, -0.05) is 11.2 Å². The smallest absolute Gasteiger partial charge is 0.276 e. The first-order chi connectivity index (χ1) is 10.7. The summed E-state index contributed by atoms with van der Waals surface area (Å²) in [5.74, 6) is 1.04. The molecule has 2 aromatic rings. The van der Waals surface area contributed by atoms with Crippen LogP contribution in [0, 0.1) is 12.8 Å². The maximum Gasteiger partial charge on any atom is 0.276 e. The van der Waals surface area contributed by atoms with Crippen LogP contribution in [0.1, 0.15) is 28.2 Å². The minimum Gasteiger partial charge on any atom is -0.361 e.